The molecule has 0 bridgehead atoms. The van der Waals surface area contributed by atoms with E-state index in [2.05, 4.69) is 10.1 Å². The van der Waals surface area contributed by atoms with Gasteiger partial charge in [0.15, 0.2) is 0 Å². The van der Waals surface area contributed by atoms with Crippen molar-refractivity contribution in [3.8, 4) is 0 Å². The molecule has 1 fully saturated rings. The van der Waals surface area contributed by atoms with E-state index in [1.54, 1.807) is 11.0 Å². The van der Waals surface area contributed by atoms with Crippen LogP contribution in [-0.2, 0) is 11.3 Å². The lowest BCUT2D eigenvalue weighted by atomic mass is 9.90. The van der Waals surface area contributed by atoms with Gasteiger partial charge in [-0.15, -0.1) is 0 Å². The SMILES string of the molecule is CN(C(=O)CCn1cncn1)C(c1ccc(Cl)cc1)C1CCCC1. The Hall–Kier alpha value is -1.88. The van der Waals surface area contributed by atoms with Crippen molar-refractivity contribution in [3.63, 3.8) is 0 Å². The number of nitrogens with zero attached hydrogens (tertiary/aromatic N) is 4. The van der Waals surface area contributed by atoms with Gasteiger partial charge in [0.1, 0.15) is 12.7 Å². The van der Waals surface area contributed by atoms with E-state index in [1.807, 2.05) is 36.2 Å². The molecule has 1 heterocycles. The first-order valence-electron chi connectivity index (χ1n) is 8.48. The number of halogens is 1. The number of amides is 1. The van der Waals surface area contributed by atoms with Crippen molar-refractivity contribution in [3.05, 3.63) is 47.5 Å². The predicted molar refractivity (Wildman–Crippen MR) is 93.6 cm³/mol. The minimum absolute atomic E-state index is 0.119. The molecule has 0 saturated heterocycles. The lowest BCUT2D eigenvalue weighted by molar-refractivity contribution is -0.133. The van der Waals surface area contributed by atoms with Crippen LogP contribution < -0.4 is 0 Å². The molecule has 3 rings (SSSR count). The molecular formula is C18H23ClN4O. The Morgan fingerprint density at radius 3 is 2.67 bits per heavy atom. The zero-order valence-corrected chi connectivity index (χ0v) is 14.7. The summed E-state index contributed by atoms with van der Waals surface area (Å²) in [5, 5.41) is 4.78. The van der Waals surface area contributed by atoms with Gasteiger partial charge in [-0.05, 0) is 36.5 Å². The molecule has 1 unspecified atom stereocenters. The molecule has 0 aliphatic heterocycles. The van der Waals surface area contributed by atoms with Gasteiger partial charge in [-0.1, -0.05) is 36.6 Å². The summed E-state index contributed by atoms with van der Waals surface area (Å²) in [6, 6.07) is 8.03. The maximum atomic E-state index is 12.7. The topological polar surface area (TPSA) is 51.0 Å². The molecule has 6 heteroatoms. The van der Waals surface area contributed by atoms with Gasteiger partial charge in [-0.25, -0.2) is 4.98 Å². The largest absolute Gasteiger partial charge is 0.338 e. The number of carbonyl (C=O) groups excluding carboxylic acids is 1. The number of rotatable bonds is 6. The fourth-order valence-corrected chi connectivity index (χ4v) is 3.76. The molecule has 1 saturated carbocycles. The molecular weight excluding hydrogens is 324 g/mol. The van der Waals surface area contributed by atoms with Crippen molar-refractivity contribution in [1.29, 1.82) is 0 Å². The summed E-state index contributed by atoms with van der Waals surface area (Å²) in [7, 11) is 1.92. The average Bonchev–Trinajstić information content (AvgIpc) is 3.28. The van der Waals surface area contributed by atoms with Crippen molar-refractivity contribution in [1.82, 2.24) is 19.7 Å². The fraction of sp³-hybridized carbons (Fsp3) is 0.500. The third-order valence-electron chi connectivity index (χ3n) is 4.89. The highest BCUT2D eigenvalue weighted by Crippen LogP contribution is 2.39. The van der Waals surface area contributed by atoms with E-state index in [0.717, 1.165) is 5.02 Å². The monoisotopic (exact) mass is 346 g/mol. The maximum absolute atomic E-state index is 12.7. The van der Waals surface area contributed by atoms with Crippen LogP contribution in [0.3, 0.4) is 0 Å². The van der Waals surface area contributed by atoms with Crippen LogP contribution >= 0.6 is 11.6 Å². The van der Waals surface area contributed by atoms with Crippen molar-refractivity contribution in [2.75, 3.05) is 7.05 Å². The van der Waals surface area contributed by atoms with Gasteiger partial charge in [-0.2, -0.15) is 5.10 Å². The summed E-state index contributed by atoms with van der Waals surface area (Å²) in [6.45, 7) is 0.557. The Morgan fingerprint density at radius 2 is 2.04 bits per heavy atom. The molecule has 5 nitrogen and oxygen atoms in total. The Morgan fingerprint density at radius 1 is 1.33 bits per heavy atom. The molecule has 0 spiro atoms. The minimum Gasteiger partial charge on any atom is -0.338 e. The van der Waals surface area contributed by atoms with Crippen LogP contribution in [0.5, 0.6) is 0 Å². The molecule has 1 amide bonds. The number of aromatic nitrogens is 3. The first-order chi connectivity index (χ1) is 11.6. The second-order valence-electron chi connectivity index (χ2n) is 6.45. The van der Waals surface area contributed by atoms with Crippen LogP contribution in [0.25, 0.3) is 0 Å². The van der Waals surface area contributed by atoms with Crippen LogP contribution in [-0.4, -0.2) is 32.6 Å². The van der Waals surface area contributed by atoms with Gasteiger partial charge < -0.3 is 4.90 Å². The van der Waals surface area contributed by atoms with Gasteiger partial charge in [0.2, 0.25) is 5.91 Å². The Kier molecular flexibility index (Phi) is 5.51. The summed E-state index contributed by atoms with van der Waals surface area (Å²) in [5.74, 6) is 0.656. The number of hydrogen-bond donors (Lipinski definition) is 0. The van der Waals surface area contributed by atoms with Crippen molar-refractivity contribution in [2.24, 2.45) is 5.92 Å². The number of benzene rings is 1. The first kappa shape index (κ1) is 17.0. The van der Waals surface area contributed by atoms with E-state index in [1.165, 1.54) is 37.6 Å². The molecule has 0 radical (unpaired) electrons. The van der Waals surface area contributed by atoms with E-state index in [9.17, 15) is 4.79 Å². The van der Waals surface area contributed by atoms with Crippen LogP contribution in [0, 0.1) is 5.92 Å². The molecule has 1 aliphatic rings. The highest BCUT2D eigenvalue weighted by Gasteiger charge is 2.31. The average molecular weight is 347 g/mol. The van der Waals surface area contributed by atoms with Crippen LogP contribution in [0.1, 0.15) is 43.7 Å². The van der Waals surface area contributed by atoms with Crippen molar-refractivity contribution >= 4 is 17.5 Å². The first-order valence-corrected chi connectivity index (χ1v) is 8.86. The highest BCUT2D eigenvalue weighted by molar-refractivity contribution is 6.30. The molecule has 0 N–H and O–H groups in total. The summed E-state index contributed by atoms with van der Waals surface area (Å²) in [5.41, 5.74) is 1.17. The molecule has 1 atom stereocenters. The standard InChI is InChI=1S/C18H23ClN4O/c1-22(17(24)10-11-23-13-20-12-21-23)18(14-4-2-3-5-14)15-6-8-16(19)9-7-15/h6-9,12-14,18H,2-5,10-11H2,1H3. The summed E-state index contributed by atoms with van der Waals surface area (Å²) in [4.78, 5) is 18.5. The van der Waals surface area contributed by atoms with E-state index < -0.39 is 0 Å². The smallest absolute Gasteiger partial charge is 0.224 e. The second kappa shape index (κ2) is 7.79. The normalized spacial score (nSPS) is 16.2. The zero-order valence-electron chi connectivity index (χ0n) is 13.9. The summed E-state index contributed by atoms with van der Waals surface area (Å²) >= 11 is 6.03. The van der Waals surface area contributed by atoms with Crippen LogP contribution in [0.4, 0.5) is 0 Å². The quantitative estimate of drug-likeness (QED) is 0.801. The number of hydrogen-bond acceptors (Lipinski definition) is 3. The van der Waals surface area contributed by atoms with Gasteiger partial charge in [0.05, 0.1) is 12.6 Å². The molecule has 2 aromatic rings. The molecule has 1 aromatic heterocycles. The lowest BCUT2D eigenvalue weighted by Gasteiger charge is -2.33. The lowest BCUT2D eigenvalue weighted by Crippen LogP contribution is -2.35. The number of carbonyl (C=O) groups is 1. The van der Waals surface area contributed by atoms with Gasteiger partial charge in [0, 0.05) is 18.5 Å². The highest BCUT2D eigenvalue weighted by atomic mass is 35.5. The summed E-state index contributed by atoms with van der Waals surface area (Å²) in [6.07, 6.45) is 8.40. The maximum Gasteiger partial charge on any atom is 0.224 e. The van der Waals surface area contributed by atoms with E-state index in [4.69, 9.17) is 11.6 Å². The van der Waals surface area contributed by atoms with Crippen molar-refractivity contribution < 1.29 is 4.79 Å². The second-order valence-corrected chi connectivity index (χ2v) is 6.89. The molecule has 1 aromatic carbocycles. The third kappa shape index (κ3) is 3.96. The van der Waals surface area contributed by atoms with Gasteiger partial charge >= 0.3 is 0 Å². The van der Waals surface area contributed by atoms with Crippen LogP contribution in [0.15, 0.2) is 36.9 Å². The zero-order chi connectivity index (χ0) is 16.9. The third-order valence-corrected chi connectivity index (χ3v) is 5.14. The molecule has 24 heavy (non-hydrogen) atoms. The van der Waals surface area contributed by atoms with Crippen molar-refractivity contribution in [2.45, 2.75) is 44.7 Å². The van der Waals surface area contributed by atoms with E-state index in [0.29, 0.717) is 18.9 Å². The Balaban J connectivity index is 1.73. The van der Waals surface area contributed by atoms with Gasteiger partial charge in [0.25, 0.3) is 0 Å². The van der Waals surface area contributed by atoms with E-state index in [-0.39, 0.29) is 11.9 Å². The summed E-state index contributed by atoms with van der Waals surface area (Å²) < 4.78 is 1.69. The Labute approximate surface area is 147 Å². The fourth-order valence-electron chi connectivity index (χ4n) is 3.63. The van der Waals surface area contributed by atoms with Crippen LogP contribution in [0.2, 0.25) is 5.02 Å². The Bertz CT molecular complexity index is 650. The number of aryl methyl sites for hydroxylation is 1. The predicted octanol–water partition coefficient (Wildman–Crippen LogP) is 3.71. The molecule has 128 valence electrons. The van der Waals surface area contributed by atoms with Gasteiger partial charge in [-0.3, -0.25) is 9.48 Å². The molecule has 1 aliphatic carbocycles. The van der Waals surface area contributed by atoms with E-state index >= 15 is 0 Å². The minimum atomic E-state index is 0.119.